The lowest BCUT2D eigenvalue weighted by molar-refractivity contribution is 0.0119. The molecule has 35 heavy (non-hydrogen) atoms. The van der Waals surface area contributed by atoms with Crippen LogP contribution in [-0.2, 0) is 24.2 Å². The van der Waals surface area contributed by atoms with Gasteiger partial charge in [0.25, 0.3) is 0 Å². The van der Waals surface area contributed by atoms with E-state index in [1.54, 1.807) is 18.2 Å². The third-order valence-corrected chi connectivity index (χ3v) is 7.31. The summed E-state index contributed by atoms with van der Waals surface area (Å²) in [6.07, 6.45) is 6.90. The second kappa shape index (κ2) is 11.9. The Bertz CT molecular complexity index is 1110. The van der Waals surface area contributed by atoms with Gasteiger partial charge >= 0.3 is 0 Å². The van der Waals surface area contributed by atoms with E-state index in [4.69, 9.17) is 4.74 Å². The van der Waals surface area contributed by atoms with Gasteiger partial charge in [0.05, 0.1) is 12.7 Å². The van der Waals surface area contributed by atoms with E-state index in [0.717, 1.165) is 62.5 Å². The number of unbranched alkanes of at least 4 members (excludes halogenated alkanes) is 1. The molecule has 1 fully saturated rings. The maximum absolute atomic E-state index is 15.1. The van der Waals surface area contributed by atoms with Gasteiger partial charge in [-0.15, -0.1) is 0 Å². The summed E-state index contributed by atoms with van der Waals surface area (Å²) in [5, 5.41) is 0. The highest BCUT2D eigenvalue weighted by atomic mass is 19.2. The average molecular weight is 481 g/mol. The summed E-state index contributed by atoms with van der Waals surface area (Å²) in [6.45, 7) is 4.43. The first-order valence-electron chi connectivity index (χ1n) is 13.0. The quantitative estimate of drug-likeness (QED) is 0.297. The average Bonchev–Trinajstić information content (AvgIpc) is 2.89. The van der Waals surface area contributed by atoms with Gasteiger partial charge in [0.2, 0.25) is 0 Å². The molecule has 0 atom stereocenters. The molecule has 0 heterocycles. The fourth-order valence-corrected chi connectivity index (χ4v) is 5.02. The molecule has 0 N–H and O–H groups in total. The zero-order valence-electron chi connectivity index (χ0n) is 20.8. The molecule has 3 aromatic rings. The second-order valence-electron chi connectivity index (χ2n) is 9.69. The minimum absolute atomic E-state index is 0.00896. The number of benzene rings is 3. The SMILES string of the molecule is CCCCc1ccc(COC2CCC(c3ccc(-c4ccc(CC)cc4)c(F)c3F)CC2)c(F)c1. The first-order chi connectivity index (χ1) is 17.0. The molecule has 1 aliphatic carbocycles. The van der Waals surface area contributed by atoms with E-state index in [1.165, 1.54) is 0 Å². The topological polar surface area (TPSA) is 9.23 Å². The summed E-state index contributed by atoms with van der Waals surface area (Å²) < 4.78 is 50.5. The van der Waals surface area contributed by atoms with Crippen LogP contribution >= 0.6 is 0 Å². The van der Waals surface area contributed by atoms with Crippen molar-refractivity contribution in [1.29, 1.82) is 0 Å². The zero-order valence-corrected chi connectivity index (χ0v) is 20.8. The third-order valence-electron chi connectivity index (χ3n) is 7.31. The van der Waals surface area contributed by atoms with E-state index < -0.39 is 11.6 Å². The van der Waals surface area contributed by atoms with Crippen LogP contribution in [0.2, 0.25) is 0 Å². The summed E-state index contributed by atoms with van der Waals surface area (Å²) in [5.41, 5.74) is 4.19. The number of hydrogen-bond acceptors (Lipinski definition) is 1. The van der Waals surface area contributed by atoms with Crippen LogP contribution in [-0.4, -0.2) is 6.10 Å². The number of aryl methyl sites for hydroxylation is 2. The lowest BCUT2D eigenvalue weighted by Gasteiger charge is -2.29. The number of halogens is 3. The summed E-state index contributed by atoms with van der Waals surface area (Å²) in [7, 11) is 0. The van der Waals surface area contributed by atoms with E-state index in [-0.39, 0.29) is 24.4 Å². The molecule has 0 aromatic heterocycles. The van der Waals surface area contributed by atoms with Crippen molar-refractivity contribution in [2.24, 2.45) is 0 Å². The van der Waals surface area contributed by atoms with Crippen molar-refractivity contribution in [3.63, 3.8) is 0 Å². The molecule has 0 aliphatic heterocycles. The highest BCUT2D eigenvalue weighted by Gasteiger charge is 2.27. The molecule has 1 saturated carbocycles. The van der Waals surface area contributed by atoms with Crippen molar-refractivity contribution < 1.29 is 17.9 Å². The van der Waals surface area contributed by atoms with Crippen molar-refractivity contribution in [3.8, 4) is 11.1 Å². The molecule has 1 nitrogen and oxygen atoms in total. The van der Waals surface area contributed by atoms with Crippen molar-refractivity contribution in [3.05, 3.63) is 94.3 Å². The Labute approximate surface area is 207 Å². The van der Waals surface area contributed by atoms with Gasteiger partial charge in [-0.1, -0.05) is 68.8 Å². The van der Waals surface area contributed by atoms with Gasteiger partial charge in [-0.25, -0.2) is 13.2 Å². The Morgan fingerprint density at radius 2 is 1.51 bits per heavy atom. The first-order valence-corrected chi connectivity index (χ1v) is 13.0. The van der Waals surface area contributed by atoms with Crippen LogP contribution in [0.3, 0.4) is 0 Å². The third kappa shape index (κ3) is 6.16. The maximum Gasteiger partial charge on any atom is 0.166 e. The Kier molecular flexibility index (Phi) is 8.67. The predicted molar refractivity (Wildman–Crippen MR) is 136 cm³/mol. The minimum atomic E-state index is -0.775. The summed E-state index contributed by atoms with van der Waals surface area (Å²) in [4.78, 5) is 0. The molecular weight excluding hydrogens is 445 g/mol. The standard InChI is InChI=1S/C31H35F3O/c1-3-5-6-22-9-12-25(29(32)19-22)20-35-26-15-13-24(14-16-26)28-18-17-27(30(33)31(28)34)23-10-7-21(4-2)8-11-23/h7-12,17-19,24,26H,3-6,13-16,20H2,1-2H3. The largest absolute Gasteiger partial charge is 0.373 e. The van der Waals surface area contributed by atoms with Crippen molar-refractivity contribution in [2.45, 2.75) is 83.8 Å². The summed E-state index contributed by atoms with van der Waals surface area (Å²) >= 11 is 0. The van der Waals surface area contributed by atoms with Crippen molar-refractivity contribution >= 4 is 0 Å². The van der Waals surface area contributed by atoms with Crippen LogP contribution in [0, 0.1) is 17.5 Å². The molecule has 0 bridgehead atoms. The van der Waals surface area contributed by atoms with Crippen molar-refractivity contribution in [1.82, 2.24) is 0 Å². The van der Waals surface area contributed by atoms with E-state index >= 15 is 4.39 Å². The van der Waals surface area contributed by atoms with Gasteiger partial charge in [-0.05, 0) is 79.2 Å². The lowest BCUT2D eigenvalue weighted by Crippen LogP contribution is -2.21. The molecule has 0 amide bonds. The van der Waals surface area contributed by atoms with Gasteiger partial charge < -0.3 is 4.74 Å². The summed E-state index contributed by atoms with van der Waals surface area (Å²) in [5.74, 6) is -1.76. The van der Waals surface area contributed by atoms with E-state index in [9.17, 15) is 8.78 Å². The molecule has 0 radical (unpaired) electrons. The van der Waals surface area contributed by atoms with Crippen LogP contribution in [0.15, 0.2) is 54.6 Å². The molecule has 1 aliphatic rings. The molecule has 0 saturated heterocycles. The van der Waals surface area contributed by atoms with E-state index in [2.05, 4.69) is 13.8 Å². The maximum atomic E-state index is 15.1. The fourth-order valence-electron chi connectivity index (χ4n) is 5.02. The van der Waals surface area contributed by atoms with Crippen LogP contribution in [0.25, 0.3) is 11.1 Å². The minimum Gasteiger partial charge on any atom is -0.373 e. The highest BCUT2D eigenvalue weighted by molar-refractivity contribution is 5.65. The molecule has 0 spiro atoms. The second-order valence-corrected chi connectivity index (χ2v) is 9.69. The Morgan fingerprint density at radius 1 is 0.800 bits per heavy atom. The van der Waals surface area contributed by atoms with Crippen LogP contribution in [0.1, 0.15) is 80.5 Å². The Hall–Kier alpha value is -2.59. The zero-order chi connectivity index (χ0) is 24.8. The number of hydrogen-bond donors (Lipinski definition) is 0. The van der Waals surface area contributed by atoms with Crippen LogP contribution in [0.4, 0.5) is 13.2 Å². The fraction of sp³-hybridized carbons (Fsp3) is 0.419. The summed E-state index contributed by atoms with van der Waals surface area (Å²) in [6, 6.07) is 16.5. The molecule has 186 valence electrons. The monoisotopic (exact) mass is 480 g/mol. The van der Waals surface area contributed by atoms with Gasteiger partial charge in [-0.3, -0.25) is 0 Å². The van der Waals surface area contributed by atoms with E-state index in [0.29, 0.717) is 22.3 Å². The Balaban J connectivity index is 1.34. The molecule has 4 rings (SSSR count). The van der Waals surface area contributed by atoms with Crippen LogP contribution < -0.4 is 0 Å². The molecule has 4 heteroatoms. The number of ether oxygens (including phenoxy) is 1. The van der Waals surface area contributed by atoms with Crippen molar-refractivity contribution in [2.75, 3.05) is 0 Å². The number of rotatable bonds is 9. The van der Waals surface area contributed by atoms with Crippen LogP contribution in [0.5, 0.6) is 0 Å². The van der Waals surface area contributed by atoms with Gasteiger partial charge in [0.1, 0.15) is 5.82 Å². The highest BCUT2D eigenvalue weighted by Crippen LogP contribution is 2.38. The van der Waals surface area contributed by atoms with Gasteiger partial charge in [-0.2, -0.15) is 0 Å². The lowest BCUT2D eigenvalue weighted by atomic mass is 9.82. The predicted octanol–water partition coefficient (Wildman–Crippen LogP) is 8.92. The Morgan fingerprint density at radius 3 is 2.17 bits per heavy atom. The normalized spacial score (nSPS) is 18.1. The smallest absolute Gasteiger partial charge is 0.166 e. The van der Waals surface area contributed by atoms with Gasteiger partial charge in [0, 0.05) is 11.1 Å². The molecule has 0 unspecified atom stereocenters. The molecule has 3 aromatic carbocycles. The van der Waals surface area contributed by atoms with Gasteiger partial charge in [0.15, 0.2) is 11.6 Å². The molecular formula is C31H35F3O. The van der Waals surface area contributed by atoms with E-state index in [1.807, 2.05) is 36.4 Å². The first kappa shape index (κ1) is 25.5.